The lowest BCUT2D eigenvalue weighted by Crippen LogP contribution is -2.12. The lowest BCUT2D eigenvalue weighted by atomic mass is 10.1. The molecule has 0 spiro atoms. The Labute approximate surface area is 243 Å². The summed E-state index contributed by atoms with van der Waals surface area (Å²) in [5, 5.41) is 0.593. The summed E-state index contributed by atoms with van der Waals surface area (Å²) in [6, 6.07) is 10.7. The average molecular weight is 594 g/mol. The molecular weight excluding hydrogens is 555 g/mol. The Morgan fingerprint density at radius 2 is 1.46 bits per heavy atom. The number of fused-ring (bicyclic) bond motifs is 1. The highest BCUT2D eigenvalue weighted by molar-refractivity contribution is 8.00. The van der Waals surface area contributed by atoms with E-state index >= 15 is 0 Å². The molecule has 0 aliphatic heterocycles. The van der Waals surface area contributed by atoms with E-state index in [-0.39, 0.29) is 39.8 Å². The fourth-order valence-electron chi connectivity index (χ4n) is 4.24. The third kappa shape index (κ3) is 11.8. The van der Waals surface area contributed by atoms with Gasteiger partial charge in [-0.1, -0.05) is 77.3 Å². The average Bonchev–Trinajstić information content (AvgIpc) is 2.92. The van der Waals surface area contributed by atoms with E-state index < -0.39 is 11.1 Å². The number of unbranched alkanes of at least 4 members (excludes halogenated alkanes) is 9. The zero-order valence-corrected chi connectivity index (χ0v) is 24.5. The van der Waals surface area contributed by atoms with Gasteiger partial charge in [-0.2, -0.15) is 18.2 Å². The van der Waals surface area contributed by atoms with Gasteiger partial charge >= 0.3 is 17.1 Å². The van der Waals surface area contributed by atoms with Crippen molar-refractivity contribution >= 4 is 28.8 Å². The van der Waals surface area contributed by atoms with Crippen molar-refractivity contribution in [3.63, 3.8) is 0 Å². The van der Waals surface area contributed by atoms with Crippen molar-refractivity contribution in [2.24, 2.45) is 5.92 Å². The summed E-state index contributed by atoms with van der Waals surface area (Å²) < 4.78 is 54.0. The molecule has 0 bridgehead atoms. The van der Waals surface area contributed by atoms with Crippen LogP contribution in [0.3, 0.4) is 0 Å². The molecule has 224 valence electrons. The van der Waals surface area contributed by atoms with Gasteiger partial charge in [0.15, 0.2) is 0 Å². The molecule has 6 nitrogen and oxygen atoms in total. The Bertz CT molecular complexity index is 1290. The van der Waals surface area contributed by atoms with Crippen LogP contribution in [0.5, 0.6) is 5.88 Å². The Hall–Kier alpha value is -3.01. The van der Waals surface area contributed by atoms with Crippen LogP contribution in [0.25, 0.3) is 22.2 Å². The van der Waals surface area contributed by atoms with Crippen molar-refractivity contribution in [1.82, 2.24) is 4.98 Å². The van der Waals surface area contributed by atoms with Crippen LogP contribution in [0, 0.1) is 5.92 Å². The van der Waals surface area contributed by atoms with E-state index in [1.54, 1.807) is 18.2 Å². The maximum atomic E-state index is 12.6. The first-order valence-corrected chi connectivity index (χ1v) is 15.0. The Kier molecular flexibility index (Phi) is 13.0. The molecule has 2 aromatic heterocycles. The van der Waals surface area contributed by atoms with Crippen LogP contribution in [-0.4, -0.2) is 29.7 Å². The number of ether oxygens (including phenoxy) is 2. The number of carbonyl (C=O) groups is 1. The van der Waals surface area contributed by atoms with Crippen molar-refractivity contribution in [3.05, 3.63) is 52.9 Å². The molecule has 1 aromatic carbocycles. The van der Waals surface area contributed by atoms with Crippen molar-refractivity contribution in [3.8, 4) is 17.0 Å². The van der Waals surface area contributed by atoms with Gasteiger partial charge in [0.05, 0.1) is 24.7 Å². The normalized spacial score (nSPS) is 11.8. The largest absolute Gasteiger partial charge is 0.478 e. The van der Waals surface area contributed by atoms with Crippen molar-refractivity contribution in [2.45, 2.75) is 88.5 Å². The molecule has 0 unspecified atom stereocenters. The van der Waals surface area contributed by atoms with E-state index in [2.05, 4.69) is 4.98 Å². The number of aromatic nitrogens is 1. The zero-order valence-electron chi connectivity index (χ0n) is 23.6. The van der Waals surface area contributed by atoms with Gasteiger partial charge in [0.25, 0.3) is 0 Å². The lowest BCUT2D eigenvalue weighted by molar-refractivity contribution is -0.147. The second kappa shape index (κ2) is 16.4. The highest BCUT2D eigenvalue weighted by Gasteiger charge is 2.29. The molecule has 0 saturated carbocycles. The number of halogens is 3. The van der Waals surface area contributed by atoms with E-state index in [0.29, 0.717) is 30.0 Å². The molecule has 0 fully saturated rings. The SMILES string of the molecule is CC(C)C(=O)OCCCCCCCCCCCCOc1ccc2cc(-c3ccc(SC(F)(F)F)cc3)c(=O)oc2n1. The van der Waals surface area contributed by atoms with Gasteiger partial charge in [-0.25, -0.2) is 4.79 Å². The molecule has 3 aromatic rings. The minimum atomic E-state index is -4.37. The molecule has 3 rings (SSSR count). The van der Waals surface area contributed by atoms with Gasteiger partial charge in [0, 0.05) is 16.3 Å². The summed E-state index contributed by atoms with van der Waals surface area (Å²) in [5.41, 5.74) is -4.12. The van der Waals surface area contributed by atoms with Crippen LogP contribution in [0.15, 0.2) is 56.6 Å². The van der Waals surface area contributed by atoms with Crippen LogP contribution in [0.2, 0.25) is 0 Å². The third-order valence-corrected chi connectivity index (χ3v) is 7.22. The predicted octanol–water partition coefficient (Wildman–Crippen LogP) is 8.95. The summed E-state index contributed by atoms with van der Waals surface area (Å²) in [6.07, 6.45) is 11.1. The molecule has 0 amide bonds. The van der Waals surface area contributed by atoms with Crippen LogP contribution in [-0.2, 0) is 9.53 Å². The minimum Gasteiger partial charge on any atom is -0.478 e. The van der Waals surface area contributed by atoms with Crippen LogP contribution in [0.4, 0.5) is 13.2 Å². The quantitative estimate of drug-likeness (QED) is 0.0878. The van der Waals surface area contributed by atoms with Gasteiger partial charge in [-0.05, 0) is 54.4 Å². The van der Waals surface area contributed by atoms with Crippen LogP contribution < -0.4 is 10.4 Å². The van der Waals surface area contributed by atoms with E-state index in [0.717, 1.165) is 32.1 Å². The number of carbonyl (C=O) groups excluding carboxylic acids is 1. The number of benzene rings is 1. The molecule has 41 heavy (non-hydrogen) atoms. The molecule has 0 aliphatic rings. The molecule has 10 heteroatoms. The van der Waals surface area contributed by atoms with E-state index in [1.165, 1.54) is 56.4 Å². The van der Waals surface area contributed by atoms with E-state index in [4.69, 9.17) is 13.9 Å². The topological polar surface area (TPSA) is 78.6 Å². The molecule has 2 heterocycles. The second-order valence-electron chi connectivity index (χ2n) is 10.3. The first-order valence-electron chi connectivity index (χ1n) is 14.2. The highest BCUT2D eigenvalue weighted by Crippen LogP contribution is 2.37. The fourth-order valence-corrected chi connectivity index (χ4v) is 4.77. The standard InChI is InChI=1S/C31H38F3NO5S/c1-22(2)29(36)39-20-12-10-8-6-4-3-5-7-9-11-19-38-27-18-15-24-21-26(30(37)40-28(24)35-27)23-13-16-25(17-14-23)41-31(32,33)34/h13-18,21-22H,3-12,19-20H2,1-2H3. The number of rotatable bonds is 17. The summed E-state index contributed by atoms with van der Waals surface area (Å²) in [5.74, 6) is 0.194. The minimum absolute atomic E-state index is 0.0425. The van der Waals surface area contributed by atoms with E-state index in [9.17, 15) is 22.8 Å². The lowest BCUT2D eigenvalue weighted by Gasteiger charge is -2.08. The number of hydrogen-bond acceptors (Lipinski definition) is 7. The van der Waals surface area contributed by atoms with E-state index in [1.807, 2.05) is 13.8 Å². The van der Waals surface area contributed by atoms with Gasteiger partial charge in [0.1, 0.15) is 0 Å². The van der Waals surface area contributed by atoms with Crippen LogP contribution >= 0.6 is 11.8 Å². The summed E-state index contributed by atoms with van der Waals surface area (Å²) in [6.45, 7) is 4.73. The Morgan fingerprint density at radius 3 is 2.05 bits per heavy atom. The molecule has 0 N–H and O–H groups in total. The number of nitrogens with zero attached hydrogens (tertiary/aromatic N) is 1. The predicted molar refractivity (Wildman–Crippen MR) is 155 cm³/mol. The first kappa shape index (κ1) is 32.5. The maximum Gasteiger partial charge on any atom is 0.446 e. The number of pyridine rings is 1. The second-order valence-corrected chi connectivity index (χ2v) is 11.4. The summed E-state index contributed by atoms with van der Waals surface area (Å²) in [4.78, 5) is 28.3. The molecule has 0 radical (unpaired) electrons. The van der Waals surface area contributed by atoms with Gasteiger partial charge in [-0.15, -0.1) is 0 Å². The van der Waals surface area contributed by atoms with Gasteiger partial charge in [-0.3, -0.25) is 4.79 Å². The van der Waals surface area contributed by atoms with Gasteiger partial charge < -0.3 is 13.9 Å². The van der Waals surface area contributed by atoms with Crippen LogP contribution in [0.1, 0.15) is 78.1 Å². The highest BCUT2D eigenvalue weighted by atomic mass is 32.2. The molecule has 0 aliphatic carbocycles. The molecular formula is C31H38F3NO5S. The fraction of sp³-hybridized carbons (Fsp3) is 0.516. The third-order valence-electron chi connectivity index (χ3n) is 6.48. The number of hydrogen-bond donors (Lipinski definition) is 0. The summed E-state index contributed by atoms with van der Waals surface area (Å²) in [7, 11) is 0. The van der Waals surface area contributed by atoms with Crippen molar-refractivity contribution in [2.75, 3.05) is 13.2 Å². The zero-order chi connectivity index (χ0) is 29.7. The number of alkyl halides is 3. The Balaban J connectivity index is 1.31. The number of thioether (sulfide) groups is 1. The first-order chi connectivity index (χ1) is 19.6. The van der Waals surface area contributed by atoms with Gasteiger partial charge in [0.2, 0.25) is 11.6 Å². The Morgan fingerprint density at radius 1 is 0.878 bits per heavy atom. The van der Waals surface area contributed by atoms with Crippen molar-refractivity contribution < 1.29 is 31.9 Å². The maximum absolute atomic E-state index is 12.6. The molecule has 0 saturated heterocycles. The smallest absolute Gasteiger partial charge is 0.446 e. The number of esters is 1. The monoisotopic (exact) mass is 593 g/mol. The summed E-state index contributed by atoms with van der Waals surface area (Å²) >= 11 is -0.205. The van der Waals surface area contributed by atoms with Crippen molar-refractivity contribution in [1.29, 1.82) is 0 Å². The molecule has 0 atom stereocenters.